The molecule has 30 heavy (non-hydrogen) atoms. The molecule has 0 aliphatic rings. The summed E-state index contributed by atoms with van der Waals surface area (Å²) in [5.74, 6) is 0.996. The van der Waals surface area contributed by atoms with Crippen molar-refractivity contribution in [1.82, 2.24) is 10.2 Å². The van der Waals surface area contributed by atoms with Crippen molar-refractivity contribution in [2.75, 3.05) is 20.3 Å². The van der Waals surface area contributed by atoms with E-state index in [2.05, 4.69) is 5.32 Å². The van der Waals surface area contributed by atoms with Crippen LogP contribution in [0.1, 0.15) is 37.8 Å². The summed E-state index contributed by atoms with van der Waals surface area (Å²) in [6.07, 6.45) is 1.35. The highest BCUT2D eigenvalue weighted by molar-refractivity contribution is 5.88. The smallest absolute Gasteiger partial charge is 0.261 e. The Kier molecular flexibility index (Phi) is 9.19. The molecule has 0 heterocycles. The molecule has 0 aromatic heterocycles. The molecule has 2 rings (SSSR count). The predicted octanol–water partition coefficient (Wildman–Crippen LogP) is 3.72. The highest BCUT2D eigenvalue weighted by Crippen LogP contribution is 2.17. The van der Waals surface area contributed by atoms with E-state index in [4.69, 9.17) is 9.47 Å². The van der Waals surface area contributed by atoms with Crippen molar-refractivity contribution in [3.8, 4) is 11.5 Å². The van der Waals surface area contributed by atoms with Gasteiger partial charge >= 0.3 is 0 Å². The van der Waals surface area contributed by atoms with Gasteiger partial charge in [0.2, 0.25) is 5.91 Å². The van der Waals surface area contributed by atoms with Crippen molar-refractivity contribution in [2.45, 2.75) is 46.2 Å². The zero-order chi connectivity index (χ0) is 21.9. The first-order valence-electron chi connectivity index (χ1n) is 10.4. The number of aryl methyl sites for hydroxylation is 1. The third-order valence-corrected chi connectivity index (χ3v) is 4.83. The van der Waals surface area contributed by atoms with E-state index >= 15 is 0 Å². The summed E-state index contributed by atoms with van der Waals surface area (Å²) in [5.41, 5.74) is 2.04. The number of amides is 2. The Morgan fingerprint density at radius 1 is 1.00 bits per heavy atom. The average molecular weight is 413 g/mol. The van der Waals surface area contributed by atoms with Gasteiger partial charge < -0.3 is 19.7 Å². The molecular weight excluding hydrogens is 380 g/mol. The second-order valence-corrected chi connectivity index (χ2v) is 7.19. The van der Waals surface area contributed by atoms with Gasteiger partial charge in [-0.05, 0) is 49.6 Å². The number of carbonyl (C=O) groups is 2. The summed E-state index contributed by atoms with van der Waals surface area (Å²) < 4.78 is 10.9. The van der Waals surface area contributed by atoms with Crippen LogP contribution in [0.3, 0.4) is 0 Å². The Morgan fingerprint density at radius 3 is 2.20 bits per heavy atom. The van der Waals surface area contributed by atoms with Gasteiger partial charge in [0.05, 0.1) is 7.11 Å². The summed E-state index contributed by atoms with van der Waals surface area (Å²) in [6, 6.07) is 14.5. The molecule has 0 spiro atoms. The van der Waals surface area contributed by atoms with Gasteiger partial charge in [0.15, 0.2) is 6.61 Å². The Morgan fingerprint density at radius 2 is 1.63 bits per heavy atom. The van der Waals surface area contributed by atoms with Crippen molar-refractivity contribution in [1.29, 1.82) is 0 Å². The number of hydrogen-bond acceptors (Lipinski definition) is 4. The summed E-state index contributed by atoms with van der Waals surface area (Å²) in [7, 11) is 1.61. The fourth-order valence-corrected chi connectivity index (χ4v) is 3.08. The molecule has 2 aromatic carbocycles. The standard InChI is InChI=1S/C24H32N2O4/c1-5-15-25-24(28)22(6-2)26(16-19-9-13-20(29-4)14-10-19)23(27)17-30-21-11-7-18(3)8-12-21/h7-14,22H,5-6,15-17H2,1-4H3,(H,25,28). The molecule has 6 heteroatoms. The van der Waals surface area contributed by atoms with Gasteiger partial charge in [-0.2, -0.15) is 0 Å². The zero-order valence-corrected chi connectivity index (χ0v) is 18.3. The summed E-state index contributed by atoms with van der Waals surface area (Å²) in [4.78, 5) is 27.4. The monoisotopic (exact) mass is 412 g/mol. The maximum Gasteiger partial charge on any atom is 0.261 e. The summed E-state index contributed by atoms with van der Waals surface area (Å²) in [6.45, 7) is 6.67. The van der Waals surface area contributed by atoms with Crippen molar-refractivity contribution < 1.29 is 19.1 Å². The van der Waals surface area contributed by atoms with Crippen molar-refractivity contribution >= 4 is 11.8 Å². The van der Waals surface area contributed by atoms with Crippen LogP contribution in [-0.2, 0) is 16.1 Å². The molecule has 2 aromatic rings. The van der Waals surface area contributed by atoms with Gasteiger partial charge in [-0.25, -0.2) is 0 Å². The van der Waals surface area contributed by atoms with Crippen LogP contribution in [0.15, 0.2) is 48.5 Å². The van der Waals surface area contributed by atoms with Crippen LogP contribution in [0, 0.1) is 6.92 Å². The summed E-state index contributed by atoms with van der Waals surface area (Å²) >= 11 is 0. The highest BCUT2D eigenvalue weighted by atomic mass is 16.5. The van der Waals surface area contributed by atoms with Crippen LogP contribution in [-0.4, -0.2) is 43.0 Å². The molecule has 0 saturated carbocycles. The number of nitrogens with zero attached hydrogens (tertiary/aromatic N) is 1. The lowest BCUT2D eigenvalue weighted by molar-refractivity contribution is -0.143. The number of carbonyl (C=O) groups excluding carboxylic acids is 2. The van der Waals surface area contributed by atoms with E-state index in [0.29, 0.717) is 25.3 Å². The molecule has 1 atom stereocenters. The average Bonchev–Trinajstić information content (AvgIpc) is 2.77. The molecule has 1 N–H and O–H groups in total. The number of methoxy groups -OCH3 is 1. The van der Waals surface area contributed by atoms with Gasteiger partial charge in [0.1, 0.15) is 17.5 Å². The van der Waals surface area contributed by atoms with Gasteiger partial charge in [0, 0.05) is 13.1 Å². The predicted molar refractivity (Wildman–Crippen MR) is 118 cm³/mol. The van der Waals surface area contributed by atoms with Crippen LogP contribution < -0.4 is 14.8 Å². The molecule has 0 radical (unpaired) electrons. The second-order valence-electron chi connectivity index (χ2n) is 7.19. The van der Waals surface area contributed by atoms with Crippen LogP contribution in [0.5, 0.6) is 11.5 Å². The van der Waals surface area contributed by atoms with Gasteiger partial charge in [0.25, 0.3) is 5.91 Å². The Bertz CT molecular complexity index is 803. The molecule has 0 bridgehead atoms. The van der Waals surface area contributed by atoms with E-state index < -0.39 is 6.04 Å². The van der Waals surface area contributed by atoms with Crippen molar-refractivity contribution in [3.05, 3.63) is 59.7 Å². The van der Waals surface area contributed by atoms with Crippen molar-refractivity contribution in [3.63, 3.8) is 0 Å². The molecule has 2 amide bonds. The summed E-state index contributed by atoms with van der Waals surface area (Å²) in [5, 5.41) is 2.91. The Hall–Kier alpha value is -3.02. The Balaban J connectivity index is 2.17. The lowest BCUT2D eigenvalue weighted by Gasteiger charge is -2.30. The van der Waals surface area contributed by atoms with E-state index in [9.17, 15) is 9.59 Å². The number of rotatable bonds is 11. The number of ether oxygens (including phenoxy) is 2. The molecule has 6 nitrogen and oxygen atoms in total. The maximum absolute atomic E-state index is 13.1. The minimum atomic E-state index is -0.562. The molecular formula is C24H32N2O4. The zero-order valence-electron chi connectivity index (χ0n) is 18.3. The first kappa shape index (κ1) is 23.3. The minimum absolute atomic E-state index is 0.128. The molecule has 0 aliphatic heterocycles. The fourth-order valence-electron chi connectivity index (χ4n) is 3.08. The number of nitrogens with one attached hydrogen (secondary N) is 1. The van der Waals surface area contributed by atoms with Gasteiger partial charge in [-0.15, -0.1) is 0 Å². The van der Waals surface area contributed by atoms with Crippen molar-refractivity contribution in [2.24, 2.45) is 0 Å². The van der Waals surface area contributed by atoms with Gasteiger partial charge in [-0.1, -0.05) is 43.7 Å². The number of hydrogen-bond donors (Lipinski definition) is 1. The Labute approximate surface area is 179 Å². The lowest BCUT2D eigenvalue weighted by Crippen LogP contribution is -2.50. The van der Waals surface area contributed by atoms with Crippen LogP contribution in [0.4, 0.5) is 0 Å². The SMILES string of the molecule is CCCNC(=O)C(CC)N(Cc1ccc(OC)cc1)C(=O)COc1ccc(C)cc1. The van der Waals surface area contributed by atoms with E-state index in [1.54, 1.807) is 12.0 Å². The third kappa shape index (κ3) is 6.79. The first-order chi connectivity index (χ1) is 14.5. The topological polar surface area (TPSA) is 67.9 Å². The van der Waals surface area contributed by atoms with E-state index in [1.807, 2.05) is 69.3 Å². The normalized spacial score (nSPS) is 11.5. The van der Waals surface area contributed by atoms with Crippen LogP contribution in [0.2, 0.25) is 0 Å². The third-order valence-electron chi connectivity index (χ3n) is 4.83. The van der Waals surface area contributed by atoms with Crippen LogP contribution in [0.25, 0.3) is 0 Å². The van der Waals surface area contributed by atoms with E-state index in [-0.39, 0.29) is 18.4 Å². The largest absolute Gasteiger partial charge is 0.497 e. The fraction of sp³-hybridized carbons (Fsp3) is 0.417. The maximum atomic E-state index is 13.1. The minimum Gasteiger partial charge on any atom is -0.497 e. The molecule has 0 saturated heterocycles. The van der Waals surface area contributed by atoms with E-state index in [0.717, 1.165) is 23.3 Å². The number of benzene rings is 2. The van der Waals surface area contributed by atoms with E-state index in [1.165, 1.54) is 0 Å². The molecule has 0 aliphatic carbocycles. The molecule has 162 valence electrons. The van der Waals surface area contributed by atoms with Gasteiger partial charge in [-0.3, -0.25) is 9.59 Å². The molecule has 0 fully saturated rings. The molecule has 1 unspecified atom stereocenters. The lowest BCUT2D eigenvalue weighted by atomic mass is 10.1. The second kappa shape index (κ2) is 11.9. The highest BCUT2D eigenvalue weighted by Gasteiger charge is 2.28. The first-order valence-corrected chi connectivity index (χ1v) is 10.4. The van der Waals surface area contributed by atoms with Crippen LogP contribution >= 0.6 is 0 Å². The quantitative estimate of drug-likeness (QED) is 0.611.